The summed E-state index contributed by atoms with van der Waals surface area (Å²) in [5, 5.41) is 3.32. The first-order valence-corrected chi connectivity index (χ1v) is 13.7. The Morgan fingerprint density at radius 1 is 0.912 bits per heavy atom. The molecule has 0 bridgehead atoms. The van der Waals surface area contributed by atoms with Gasteiger partial charge in [0, 0.05) is 44.3 Å². The van der Waals surface area contributed by atoms with Crippen molar-refractivity contribution in [2.75, 3.05) is 52.5 Å². The lowest BCUT2D eigenvalue weighted by Gasteiger charge is -2.35. The Morgan fingerprint density at radius 3 is 2.32 bits per heavy atom. The maximum atomic E-state index is 13.1. The Kier molecular flexibility index (Phi) is 8.86. The molecule has 1 N–H and O–H groups in total. The van der Waals surface area contributed by atoms with Crippen molar-refractivity contribution in [1.82, 2.24) is 14.5 Å². The Balaban J connectivity index is 1.40. The molecule has 8 heteroatoms. The highest BCUT2D eigenvalue weighted by Crippen LogP contribution is 2.22. The summed E-state index contributed by atoms with van der Waals surface area (Å²) in [7, 11) is -3.58. The van der Waals surface area contributed by atoms with Gasteiger partial charge in [-0.05, 0) is 30.5 Å². The number of carbonyl (C=O) groups is 1. The minimum atomic E-state index is -3.58. The molecule has 0 spiro atoms. The Morgan fingerprint density at radius 2 is 1.62 bits per heavy atom. The van der Waals surface area contributed by atoms with Crippen molar-refractivity contribution in [3.05, 3.63) is 65.7 Å². The zero-order chi connectivity index (χ0) is 23.8. The van der Waals surface area contributed by atoms with E-state index in [1.54, 1.807) is 22.5 Å². The molecule has 0 saturated carbocycles. The molecule has 2 aromatic rings. The number of benzene rings is 2. The predicted octanol–water partition coefficient (Wildman–Crippen LogP) is 3.10. The summed E-state index contributed by atoms with van der Waals surface area (Å²) >= 11 is 0. The molecular weight excluding hydrogens is 450 g/mol. The van der Waals surface area contributed by atoms with Crippen LogP contribution in [0.3, 0.4) is 0 Å². The summed E-state index contributed by atoms with van der Waals surface area (Å²) in [6.07, 6.45) is 3.89. The number of ether oxygens (including phenoxy) is 1. The van der Waals surface area contributed by atoms with Gasteiger partial charge in [-0.1, -0.05) is 55.3 Å². The van der Waals surface area contributed by atoms with Crippen molar-refractivity contribution in [3.63, 3.8) is 0 Å². The van der Waals surface area contributed by atoms with Crippen LogP contribution in [-0.4, -0.2) is 75.9 Å². The van der Waals surface area contributed by atoms with Gasteiger partial charge in [0.1, 0.15) is 0 Å². The van der Waals surface area contributed by atoms with Crippen LogP contribution in [-0.2, 0) is 14.8 Å². The lowest BCUT2D eigenvalue weighted by Crippen LogP contribution is -2.43. The highest BCUT2D eigenvalue weighted by molar-refractivity contribution is 7.89. The number of carbonyl (C=O) groups excluding carboxylic acids is 1. The second-order valence-corrected chi connectivity index (χ2v) is 10.9. The van der Waals surface area contributed by atoms with E-state index in [1.807, 2.05) is 18.2 Å². The molecular formula is C26H35N3O4S. The van der Waals surface area contributed by atoms with Crippen molar-refractivity contribution in [3.8, 4) is 0 Å². The number of sulfonamides is 1. The van der Waals surface area contributed by atoms with Crippen molar-refractivity contribution in [2.24, 2.45) is 0 Å². The van der Waals surface area contributed by atoms with Gasteiger partial charge in [0.25, 0.3) is 0 Å². The third kappa shape index (κ3) is 6.31. The van der Waals surface area contributed by atoms with Gasteiger partial charge in [0.15, 0.2) is 5.78 Å². The summed E-state index contributed by atoms with van der Waals surface area (Å²) in [4.78, 5) is 15.5. The van der Waals surface area contributed by atoms with Crippen molar-refractivity contribution >= 4 is 15.8 Å². The second-order valence-electron chi connectivity index (χ2n) is 8.98. The fourth-order valence-corrected chi connectivity index (χ4v) is 6.27. The Bertz CT molecular complexity index is 1030. The molecule has 0 radical (unpaired) electrons. The van der Waals surface area contributed by atoms with E-state index in [0.29, 0.717) is 38.4 Å². The van der Waals surface area contributed by atoms with Gasteiger partial charge in [-0.15, -0.1) is 0 Å². The number of morpholine rings is 1. The van der Waals surface area contributed by atoms with Gasteiger partial charge in [-0.25, -0.2) is 8.42 Å². The maximum absolute atomic E-state index is 13.1. The minimum Gasteiger partial charge on any atom is -0.379 e. The Hall–Kier alpha value is -2.10. The smallest absolute Gasteiger partial charge is 0.243 e. The van der Waals surface area contributed by atoms with Crippen LogP contribution in [0.2, 0.25) is 0 Å². The third-order valence-corrected chi connectivity index (χ3v) is 8.55. The normalized spacial score (nSPS) is 19.4. The van der Waals surface area contributed by atoms with E-state index in [-0.39, 0.29) is 23.3 Å². The lowest BCUT2D eigenvalue weighted by molar-refractivity contribution is 0.0162. The molecule has 0 aromatic heterocycles. The van der Waals surface area contributed by atoms with Crippen LogP contribution in [0.25, 0.3) is 0 Å². The summed E-state index contributed by atoms with van der Waals surface area (Å²) < 4.78 is 33.3. The number of ketones is 1. The van der Waals surface area contributed by atoms with Gasteiger partial charge >= 0.3 is 0 Å². The zero-order valence-electron chi connectivity index (χ0n) is 19.7. The highest BCUT2D eigenvalue weighted by atomic mass is 32.2. The zero-order valence-corrected chi connectivity index (χ0v) is 20.5. The third-order valence-electron chi connectivity index (χ3n) is 6.65. The Labute approximate surface area is 203 Å². The number of nitrogens with zero attached hydrogens (tertiary/aromatic N) is 2. The molecule has 1 atom stereocenters. The van der Waals surface area contributed by atoms with Crippen molar-refractivity contribution in [1.29, 1.82) is 0 Å². The molecule has 2 saturated heterocycles. The van der Waals surface area contributed by atoms with Crippen LogP contribution < -0.4 is 5.32 Å². The van der Waals surface area contributed by atoms with E-state index in [9.17, 15) is 13.2 Å². The first kappa shape index (κ1) is 25.0. The van der Waals surface area contributed by atoms with Gasteiger partial charge in [0.2, 0.25) is 10.0 Å². The van der Waals surface area contributed by atoms with Crippen LogP contribution in [0, 0.1) is 0 Å². The molecule has 7 nitrogen and oxygen atoms in total. The summed E-state index contributed by atoms with van der Waals surface area (Å²) in [5.41, 5.74) is 1.63. The van der Waals surface area contributed by atoms with E-state index in [2.05, 4.69) is 22.3 Å². The lowest BCUT2D eigenvalue weighted by atomic mass is 10.0. The number of hydrogen-bond acceptors (Lipinski definition) is 6. The molecule has 2 aliphatic heterocycles. The number of nitrogens with one attached hydrogen (secondary N) is 1. The van der Waals surface area contributed by atoms with Crippen molar-refractivity contribution in [2.45, 2.75) is 36.6 Å². The molecule has 1 unspecified atom stereocenters. The first-order chi connectivity index (χ1) is 16.6. The van der Waals surface area contributed by atoms with Gasteiger partial charge < -0.3 is 10.1 Å². The number of rotatable bonds is 9. The molecule has 2 aliphatic rings. The minimum absolute atomic E-state index is 0.110. The van der Waals surface area contributed by atoms with Gasteiger partial charge in [-0.3, -0.25) is 9.69 Å². The van der Waals surface area contributed by atoms with E-state index in [0.717, 1.165) is 38.8 Å². The number of hydrogen-bond donors (Lipinski definition) is 1. The van der Waals surface area contributed by atoms with Gasteiger partial charge in [-0.2, -0.15) is 4.31 Å². The van der Waals surface area contributed by atoms with E-state index in [4.69, 9.17) is 4.74 Å². The molecule has 0 aliphatic carbocycles. The van der Waals surface area contributed by atoms with Crippen LogP contribution in [0.4, 0.5) is 0 Å². The van der Waals surface area contributed by atoms with E-state index < -0.39 is 10.0 Å². The van der Waals surface area contributed by atoms with Crippen LogP contribution in [0.5, 0.6) is 0 Å². The monoisotopic (exact) mass is 485 g/mol. The molecule has 2 aromatic carbocycles. The fraction of sp³-hybridized carbons (Fsp3) is 0.500. The first-order valence-electron chi connectivity index (χ1n) is 12.3. The van der Waals surface area contributed by atoms with E-state index in [1.165, 1.54) is 11.6 Å². The number of Topliss-reactive ketones (excluding diaryl/α,β-unsaturated/α-hetero) is 1. The average molecular weight is 486 g/mol. The molecule has 4 rings (SSSR count). The molecule has 184 valence electrons. The maximum Gasteiger partial charge on any atom is 0.243 e. The van der Waals surface area contributed by atoms with Crippen LogP contribution in [0.1, 0.15) is 47.6 Å². The average Bonchev–Trinajstić information content (AvgIpc) is 3.18. The molecule has 2 fully saturated rings. The molecule has 34 heavy (non-hydrogen) atoms. The molecule has 0 amide bonds. The molecule has 2 heterocycles. The van der Waals surface area contributed by atoms with Crippen molar-refractivity contribution < 1.29 is 17.9 Å². The summed E-state index contributed by atoms with van der Waals surface area (Å²) in [6.45, 7) is 5.00. The predicted molar refractivity (Wildman–Crippen MR) is 132 cm³/mol. The fourth-order valence-electron chi connectivity index (χ4n) is 4.71. The highest BCUT2D eigenvalue weighted by Gasteiger charge is 2.26. The quantitative estimate of drug-likeness (QED) is 0.550. The summed E-state index contributed by atoms with van der Waals surface area (Å²) in [6, 6.07) is 16.9. The summed E-state index contributed by atoms with van der Waals surface area (Å²) in [5.74, 6) is -0.110. The van der Waals surface area contributed by atoms with E-state index >= 15 is 0 Å². The topological polar surface area (TPSA) is 79.0 Å². The van der Waals surface area contributed by atoms with Gasteiger partial charge in [0.05, 0.1) is 24.7 Å². The van der Waals surface area contributed by atoms with Crippen LogP contribution >= 0.6 is 0 Å². The SMILES string of the molecule is O=C(CNCC(c1ccccc1)N1CCOCC1)c1cccc(S(=O)(=O)N2CCCCCC2)c1. The second kappa shape index (κ2) is 12.0. The standard InChI is InChI=1S/C26H35N3O4S/c30-26(21-27-20-25(22-9-4-3-5-10-22)28-15-17-33-18-16-28)23-11-8-12-24(19-23)34(31,32)29-13-6-1-2-7-14-29/h3-5,8-12,19,25,27H,1-2,6-7,13-18,20-21H2. The largest absolute Gasteiger partial charge is 0.379 e. The van der Waals surface area contributed by atoms with Crippen LogP contribution in [0.15, 0.2) is 59.5 Å².